The molecule has 0 spiro atoms. The second-order valence-electron chi connectivity index (χ2n) is 11.0. The number of methoxy groups -OCH3 is 1. The first-order valence-corrected chi connectivity index (χ1v) is 12.6. The van der Waals surface area contributed by atoms with Gasteiger partial charge in [-0.2, -0.15) is 0 Å². The van der Waals surface area contributed by atoms with Crippen LogP contribution in [0, 0.1) is 35.0 Å². The molecule has 3 aliphatic carbocycles. The van der Waals surface area contributed by atoms with Gasteiger partial charge in [-0.05, 0) is 79.4 Å². The minimum atomic E-state index is -0.541. The number of hydrogen-bond donors (Lipinski definition) is 3. The smallest absolute Gasteiger partial charge is 0.223 e. The van der Waals surface area contributed by atoms with Crippen LogP contribution in [0.5, 0.6) is 5.75 Å². The Balaban J connectivity index is 1.38. The molecule has 3 N–H and O–H groups in total. The second kappa shape index (κ2) is 9.65. The number of aliphatic hydroxyl groups excluding tert-OH is 1. The molecule has 2 amide bonds. The molecule has 6 heteroatoms. The van der Waals surface area contributed by atoms with Crippen LogP contribution in [0.3, 0.4) is 0 Å². The van der Waals surface area contributed by atoms with Gasteiger partial charge < -0.3 is 20.5 Å². The van der Waals surface area contributed by atoms with Gasteiger partial charge in [0.25, 0.3) is 0 Å². The van der Waals surface area contributed by atoms with E-state index in [4.69, 9.17) is 4.74 Å². The number of ether oxygens (including phenoxy) is 1. The first kappa shape index (κ1) is 24.1. The highest BCUT2D eigenvalue weighted by Gasteiger charge is 2.54. The van der Waals surface area contributed by atoms with Crippen LogP contribution in [-0.4, -0.2) is 36.2 Å². The molecular formula is C27H40N2O4. The summed E-state index contributed by atoms with van der Waals surface area (Å²) in [6, 6.07) is 7.79. The van der Waals surface area contributed by atoms with Crippen LogP contribution >= 0.6 is 0 Å². The lowest BCUT2D eigenvalue weighted by Crippen LogP contribution is -2.58. The van der Waals surface area contributed by atoms with E-state index >= 15 is 0 Å². The van der Waals surface area contributed by atoms with E-state index in [9.17, 15) is 14.7 Å². The number of hydrogen-bond acceptors (Lipinski definition) is 4. The summed E-state index contributed by atoms with van der Waals surface area (Å²) >= 11 is 0. The van der Waals surface area contributed by atoms with Crippen LogP contribution in [0.15, 0.2) is 24.3 Å². The van der Waals surface area contributed by atoms with Crippen molar-refractivity contribution in [3.63, 3.8) is 0 Å². The lowest BCUT2D eigenvalue weighted by atomic mass is 9.51. The maximum absolute atomic E-state index is 13.0. The van der Waals surface area contributed by atoms with Crippen molar-refractivity contribution in [2.45, 2.75) is 78.0 Å². The van der Waals surface area contributed by atoms with Crippen molar-refractivity contribution in [2.75, 3.05) is 7.11 Å². The lowest BCUT2D eigenvalue weighted by molar-refractivity contribution is -0.144. The number of fused-ring (bicyclic) bond motifs is 1. The van der Waals surface area contributed by atoms with Gasteiger partial charge in [-0.1, -0.05) is 32.9 Å². The minimum absolute atomic E-state index is 0.0134. The van der Waals surface area contributed by atoms with Crippen molar-refractivity contribution in [1.29, 1.82) is 0 Å². The van der Waals surface area contributed by atoms with E-state index < -0.39 is 6.10 Å². The molecule has 7 atom stereocenters. The summed E-state index contributed by atoms with van der Waals surface area (Å²) in [7, 11) is 1.63. The predicted octanol–water partition coefficient (Wildman–Crippen LogP) is 3.67. The number of rotatable bonds is 7. The highest BCUT2D eigenvalue weighted by Crippen LogP contribution is 2.55. The fraction of sp³-hybridized carbons (Fsp3) is 0.704. The van der Waals surface area contributed by atoms with Crippen molar-refractivity contribution in [1.82, 2.24) is 10.6 Å². The zero-order chi connectivity index (χ0) is 23.8. The molecule has 4 rings (SSSR count). The zero-order valence-electron chi connectivity index (χ0n) is 20.5. The van der Waals surface area contributed by atoms with Gasteiger partial charge in [0.1, 0.15) is 5.75 Å². The van der Waals surface area contributed by atoms with Gasteiger partial charge in [-0.3, -0.25) is 9.59 Å². The topological polar surface area (TPSA) is 87.7 Å². The molecule has 1 unspecified atom stereocenters. The number of aliphatic hydroxyl groups is 1. The average Bonchev–Trinajstić information content (AvgIpc) is 3.65. The van der Waals surface area contributed by atoms with E-state index in [1.54, 1.807) is 7.11 Å². The van der Waals surface area contributed by atoms with E-state index in [1.807, 2.05) is 31.2 Å². The van der Waals surface area contributed by atoms with Gasteiger partial charge >= 0.3 is 0 Å². The Labute approximate surface area is 197 Å². The first-order valence-electron chi connectivity index (χ1n) is 12.6. The number of carbonyl (C=O) groups is 2. The molecule has 1 aromatic carbocycles. The molecule has 1 aromatic rings. The predicted molar refractivity (Wildman–Crippen MR) is 127 cm³/mol. The number of amides is 2. The Kier molecular flexibility index (Phi) is 7.04. The van der Waals surface area contributed by atoms with E-state index in [-0.39, 0.29) is 52.9 Å². The normalized spacial score (nSPS) is 34.6. The van der Waals surface area contributed by atoms with E-state index in [0.29, 0.717) is 6.54 Å². The summed E-state index contributed by atoms with van der Waals surface area (Å²) in [5.41, 5.74) is 1.08. The summed E-state index contributed by atoms with van der Waals surface area (Å²) in [5, 5.41) is 17.9. The van der Waals surface area contributed by atoms with Crippen LogP contribution in [0.25, 0.3) is 0 Å². The summed E-state index contributed by atoms with van der Waals surface area (Å²) in [4.78, 5) is 25.4. The molecule has 0 saturated heterocycles. The third-order valence-electron chi connectivity index (χ3n) is 8.85. The molecule has 0 bridgehead atoms. The average molecular weight is 457 g/mol. The highest BCUT2D eigenvalue weighted by molar-refractivity contribution is 5.81. The summed E-state index contributed by atoms with van der Waals surface area (Å²) in [6.07, 6.45) is 5.33. The van der Waals surface area contributed by atoms with Gasteiger partial charge in [0.05, 0.1) is 13.2 Å². The lowest BCUT2D eigenvalue weighted by Gasteiger charge is -2.56. The van der Waals surface area contributed by atoms with E-state index in [1.165, 1.54) is 0 Å². The molecule has 182 valence electrons. The van der Waals surface area contributed by atoms with Crippen molar-refractivity contribution < 1.29 is 19.4 Å². The molecule has 3 aliphatic rings. The molecule has 33 heavy (non-hydrogen) atoms. The van der Waals surface area contributed by atoms with Gasteiger partial charge in [0.2, 0.25) is 11.8 Å². The number of benzene rings is 1. The molecule has 6 nitrogen and oxygen atoms in total. The first-order chi connectivity index (χ1) is 15.7. The van der Waals surface area contributed by atoms with Crippen LogP contribution in [0.1, 0.15) is 64.9 Å². The minimum Gasteiger partial charge on any atom is -0.497 e. The van der Waals surface area contributed by atoms with Gasteiger partial charge in [0, 0.05) is 24.4 Å². The monoisotopic (exact) mass is 456 g/mol. The Bertz CT molecular complexity index is 852. The Morgan fingerprint density at radius 1 is 1.15 bits per heavy atom. The molecule has 0 heterocycles. The fourth-order valence-electron chi connectivity index (χ4n) is 6.43. The summed E-state index contributed by atoms with van der Waals surface area (Å²) in [5.74, 6) is 1.11. The number of carbonyl (C=O) groups excluding carboxylic acids is 2. The maximum atomic E-state index is 13.0. The second-order valence-corrected chi connectivity index (χ2v) is 11.0. The van der Waals surface area contributed by atoms with Crippen LogP contribution in [0.4, 0.5) is 0 Å². The third-order valence-corrected chi connectivity index (χ3v) is 8.85. The van der Waals surface area contributed by atoms with Crippen LogP contribution in [-0.2, 0) is 16.1 Å². The van der Waals surface area contributed by atoms with Gasteiger partial charge in [-0.25, -0.2) is 0 Å². The van der Waals surface area contributed by atoms with Crippen molar-refractivity contribution in [3.8, 4) is 5.75 Å². The summed E-state index contributed by atoms with van der Waals surface area (Å²) in [6.45, 7) is 6.88. The molecule has 0 aromatic heterocycles. The Hall–Kier alpha value is -2.08. The maximum Gasteiger partial charge on any atom is 0.223 e. The van der Waals surface area contributed by atoms with Crippen molar-refractivity contribution in [3.05, 3.63) is 29.8 Å². The quantitative estimate of drug-likeness (QED) is 0.584. The standard InChI is InChI=1S/C27H40N2O4/c1-16(25(31)28-15-18-5-9-20(33-4)10-6-18)21-11-13-27(3)14-12-22(17(2)23(27)24(21)30)29-26(32)19-7-8-19/h5-6,9-10,16-17,19,21-24,30H,7-8,11-15H2,1-4H3,(H,28,31)(H,29,32)/t16-,17+,21?,22-,23+,24-,27-/m0/s1. The van der Waals surface area contributed by atoms with E-state index in [0.717, 1.165) is 49.8 Å². The molecule has 0 aliphatic heterocycles. The SMILES string of the molecule is COc1ccc(CNC(=O)[C@@H](C)C2CC[C@@]3(C)CC[C@H](NC(=O)C4CC4)[C@@H](C)[C@@H]3[C@H]2O)cc1. The summed E-state index contributed by atoms with van der Waals surface area (Å²) < 4.78 is 5.19. The Morgan fingerprint density at radius 3 is 2.45 bits per heavy atom. The molecule has 3 fully saturated rings. The zero-order valence-corrected chi connectivity index (χ0v) is 20.5. The molecule has 3 saturated carbocycles. The van der Waals surface area contributed by atoms with Crippen molar-refractivity contribution in [2.24, 2.45) is 35.0 Å². The van der Waals surface area contributed by atoms with Gasteiger partial charge in [0.15, 0.2) is 0 Å². The fourth-order valence-corrected chi connectivity index (χ4v) is 6.43. The van der Waals surface area contributed by atoms with Crippen LogP contribution < -0.4 is 15.4 Å². The largest absolute Gasteiger partial charge is 0.497 e. The van der Waals surface area contributed by atoms with Crippen molar-refractivity contribution >= 4 is 11.8 Å². The van der Waals surface area contributed by atoms with Crippen LogP contribution in [0.2, 0.25) is 0 Å². The third kappa shape index (κ3) is 5.06. The van der Waals surface area contributed by atoms with E-state index in [2.05, 4.69) is 24.5 Å². The highest BCUT2D eigenvalue weighted by atomic mass is 16.5. The van der Waals surface area contributed by atoms with Gasteiger partial charge in [-0.15, -0.1) is 0 Å². The Morgan fingerprint density at radius 2 is 1.82 bits per heavy atom. The molecule has 0 radical (unpaired) electrons. The molecular weight excluding hydrogens is 416 g/mol. The number of nitrogens with one attached hydrogen (secondary N) is 2.